The highest BCUT2D eigenvalue weighted by Gasteiger charge is 2.20. The van der Waals surface area contributed by atoms with Crippen molar-refractivity contribution in [1.82, 2.24) is 10.2 Å². The fourth-order valence-corrected chi connectivity index (χ4v) is 3.33. The van der Waals surface area contributed by atoms with Crippen LogP contribution < -0.4 is 5.32 Å². The average Bonchev–Trinajstić information content (AvgIpc) is 2.71. The molecule has 140 valence electrons. The van der Waals surface area contributed by atoms with E-state index in [0.29, 0.717) is 12.3 Å². The van der Waals surface area contributed by atoms with Crippen LogP contribution in [0.5, 0.6) is 0 Å². The second-order valence-electron chi connectivity index (χ2n) is 6.78. The molecule has 0 saturated carbocycles. The Balaban J connectivity index is 1.78. The fraction of sp³-hybridized carbons (Fsp3) is 0.364. The number of hydrogen-bond donors (Lipinski definition) is 1. The number of amidine groups is 1. The van der Waals surface area contributed by atoms with Gasteiger partial charge in [0, 0.05) is 26.1 Å². The van der Waals surface area contributed by atoms with Crippen LogP contribution in [-0.4, -0.2) is 43.6 Å². The third kappa shape index (κ3) is 5.65. The number of aliphatic imine (C=N–C) groups is 1. The number of morpholine rings is 1. The lowest BCUT2D eigenvalue weighted by molar-refractivity contribution is 0.0343. The number of nitrogens with zero attached hydrogens (tertiary/aromatic N) is 3. The highest BCUT2D eigenvalue weighted by atomic mass is 16.5. The monoisotopic (exact) mass is 362 g/mol. The lowest BCUT2D eigenvalue weighted by Crippen LogP contribution is -2.43. The number of hydrogen-bond acceptors (Lipinski definition) is 4. The van der Waals surface area contributed by atoms with Gasteiger partial charge in [-0.3, -0.25) is 4.90 Å². The van der Waals surface area contributed by atoms with Crippen molar-refractivity contribution in [2.24, 2.45) is 4.99 Å². The van der Waals surface area contributed by atoms with E-state index < -0.39 is 0 Å². The van der Waals surface area contributed by atoms with Crippen LogP contribution in [-0.2, 0) is 11.2 Å². The molecule has 0 spiro atoms. The van der Waals surface area contributed by atoms with Crippen LogP contribution in [0.3, 0.4) is 0 Å². The van der Waals surface area contributed by atoms with Gasteiger partial charge in [-0.25, -0.2) is 0 Å². The fourth-order valence-electron chi connectivity index (χ4n) is 3.33. The van der Waals surface area contributed by atoms with E-state index in [9.17, 15) is 5.26 Å². The maximum absolute atomic E-state index is 9.18. The number of aryl methyl sites for hydroxylation is 1. The van der Waals surface area contributed by atoms with Gasteiger partial charge in [-0.1, -0.05) is 54.6 Å². The summed E-state index contributed by atoms with van der Waals surface area (Å²) in [5, 5.41) is 12.7. The van der Waals surface area contributed by atoms with Gasteiger partial charge in [0.15, 0.2) is 0 Å². The Hall–Kier alpha value is -2.68. The lowest BCUT2D eigenvalue weighted by atomic mass is 10.0. The first kappa shape index (κ1) is 19.1. The Morgan fingerprint density at radius 3 is 2.56 bits per heavy atom. The van der Waals surface area contributed by atoms with Crippen molar-refractivity contribution < 1.29 is 4.74 Å². The Morgan fingerprint density at radius 1 is 1.15 bits per heavy atom. The molecule has 1 saturated heterocycles. The largest absolute Gasteiger partial charge is 0.379 e. The van der Waals surface area contributed by atoms with Gasteiger partial charge in [-0.05, 0) is 23.6 Å². The minimum atomic E-state index is 0.0698. The molecule has 27 heavy (non-hydrogen) atoms. The van der Waals surface area contributed by atoms with Gasteiger partial charge in [-0.15, -0.1) is 0 Å². The molecule has 0 amide bonds. The smallest absolute Gasteiger partial charge is 0.207 e. The summed E-state index contributed by atoms with van der Waals surface area (Å²) in [4.78, 5) is 6.48. The Bertz CT molecular complexity index is 791. The molecule has 3 rings (SSSR count). The van der Waals surface area contributed by atoms with Gasteiger partial charge in [0.1, 0.15) is 5.84 Å². The molecule has 5 nitrogen and oxygen atoms in total. The van der Waals surface area contributed by atoms with E-state index in [1.54, 1.807) is 0 Å². The van der Waals surface area contributed by atoms with Gasteiger partial charge in [0.2, 0.25) is 6.19 Å². The van der Waals surface area contributed by atoms with Crippen LogP contribution in [0, 0.1) is 18.4 Å². The lowest BCUT2D eigenvalue weighted by Gasteiger charge is -2.31. The molecule has 1 heterocycles. The van der Waals surface area contributed by atoms with Crippen LogP contribution >= 0.6 is 0 Å². The first-order chi connectivity index (χ1) is 13.3. The normalized spacial score (nSPS) is 16.5. The summed E-state index contributed by atoms with van der Waals surface area (Å²) < 4.78 is 5.47. The second-order valence-corrected chi connectivity index (χ2v) is 6.78. The molecule has 1 aliphatic rings. The molecule has 2 aromatic carbocycles. The maximum Gasteiger partial charge on any atom is 0.207 e. The van der Waals surface area contributed by atoms with Crippen molar-refractivity contribution in [3.63, 3.8) is 0 Å². The van der Waals surface area contributed by atoms with Crippen molar-refractivity contribution in [1.29, 1.82) is 5.26 Å². The minimum Gasteiger partial charge on any atom is -0.379 e. The van der Waals surface area contributed by atoms with Crippen molar-refractivity contribution in [3.05, 3.63) is 71.3 Å². The topological polar surface area (TPSA) is 60.7 Å². The van der Waals surface area contributed by atoms with Crippen LogP contribution in [0.4, 0.5) is 0 Å². The molecular formula is C22H26N4O. The number of ether oxygens (including phenoxy) is 1. The molecule has 1 unspecified atom stereocenters. The van der Waals surface area contributed by atoms with E-state index in [1.165, 1.54) is 16.7 Å². The second kappa shape index (κ2) is 9.86. The predicted octanol–water partition coefficient (Wildman–Crippen LogP) is 3.08. The molecule has 0 aromatic heterocycles. The van der Waals surface area contributed by atoms with E-state index in [0.717, 1.165) is 32.8 Å². The van der Waals surface area contributed by atoms with E-state index in [1.807, 2.05) is 36.5 Å². The van der Waals surface area contributed by atoms with Gasteiger partial charge in [-0.2, -0.15) is 10.3 Å². The number of nitriles is 1. The molecule has 1 fully saturated rings. The first-order valence-electron chi connectivity index (χ1n) is 9.38. The van der Waals surface area contributed by atoms with Crippen molar-refractivity contribution in [2.45, 2.75) is 19.4 Å². The van der Waals surface area contributed by atoms with Crippen molar-refractivity contribution in [2.75, 3.05) is 32.8 Å². The first-order valence-corrected chi connectivity index (χ1v) is 9.38. The summed E-state index contributed by atoms with van der Waals surface area (Å²) in [5.74, 6) is 0.703. The quantitative estimate of drug-likeness (QED) is 0.487. The zero-order chi connectivity index (χ0) is 18.9. The highest BCUT2D eigenvalue weighted by molar-refractivity contribution is 5.85. The van der Waals surface area contributed by atoms with E-state index in [2.05, 4.69) is 46.4 Å². The third-order valence-electron chi connectivity index (χ3n) is 4.89. The van der Waals surface area contributed by atoms with Crippen LogP contribution in [0.25, 0.3) is 0 Å². The molecular weight excluding hydrogens is 336 g/mol. The maximum atomic E-state index is 9.18. The summed E-state index contributed by atoms with van der Waals surface area (Å²) in [7, 11) is 0. The Morgan fingerprint density at radius 2 is 1.85 bits per heavy atom. The molecule has 0 bridgehead atoms. The molecule has 0 aliphatic carbocycles. The molecule has 1 aliphatic heterocycles. The van der Waals surface area contributed by atoms with Crippen LogP contribution in [0.2, 0.25) is 0 Å². The zero-order valence-corrected chi connectivity index (χ0v) is 15.8. The minimum absolute atomic E-state index is 0.0698. The summed E-state index contributed by atoms with van der Waals surface area (Å²) in [6.07, 6.45) is 2.58. The van der Waals surface area contributed by atoms with Gasteiger partial charge >= 0.3 is 0 Å². The molecule has 1 N–H and O–H groups in total. The summed E-state index contributed by atoms with van der Waals surface area (Å²) >= 11 is 0. The average molecular weight is 362 g/mol. The molecule has 1 atom stereocenters. The summed E-state index contributed by atoms with van der Waals surface area (Å²) in [5.41, 5.74) is 3.57. The molecule has 5 heteroatoms. The molecule has 0 radical (unpaired) electrons. The Kier molecular flexibility index (Phi) is 6.97. The van der Waals surface area contributed by atoms with Crippen molar-refractivity contribution >= 4 is 5.84 Å². The third-order valence-corrected chi connectivity index (χ3v) is 4.89. The van der Waals surface area contributed by atoms with E-state index in [-0.39, 0.29) is 6.04 Å². The summed E-state index contributed by atoms with van der Waals surface area (Å²) in [6, 6.07) is 18.6. The molecule has 2 aromatic rings. The van der Waals surface area contributed by atoms with E-state index in [4.69, 9.17) is 4.74 Å². The highest BCUT2D eigenvalue weighted by Crippen LogP contribution is 2.17. The van der Waals surface area contributed by atoms with Gasteiger partial charge in [0.05, 0.1) is 19.3 Å². The van der Waals surface area contributed by atoms with Crippen LogP contribution in [0.1, 0.15) is 22.7 Å². The van der Waals surface area contributed by atoms with Gasteiger partial charge in [0.25, 0.3) is 0 Å². The Labute approximate surface area is 161 Å². The number of rotatable bonds is 6. The van der Waals surface area contributed by atoms with E-state index >= 15 is 0 Å². The van der Waals surface area contributed by atoms with Gasteiger partial charge < -0.3 is 10.1 Å². The van der Waals surface area contributed by atoms with Crippen LogP contribution in [0.15, 0.2) is 59.6 Å². The number of nitrogens with one attached hydrogen (secondary N) is 1. The summed E-state index contributed by atoms with van der Waals surface area (Å²) in [6.45, 7) is 6.32. The standard InChI is InChI=1S/C22H26N4O/c1-18-7-5-6-10-20(18)15-22(24-17-23)25-21(19-8-3-2-4-9-19)16-26-11-13-27-14-12-26/h2-10,21H,11-16H2,1H3,(H,24,25). The number of benzene rings is 2. The zero-order valence-electron chi connectivity index (χ0n) is 15.8. The van der Waals surface area contributed by atoms with Crippen molar-refractivity contribution in [3.8, 4) is 6.19 Å². The SMILES string of the molecule is Cc1ccccc1C/C(=N\C#N)NC(CN1CCOCC1)c1ccccc1. The predicted molar refractivity (Wildman–Crippen MR) is 108 cm³/mol.